The molecule has 14 heavy (non-hydrogen) atoms. The van der Waals surface area contributed by atoms with Gasteiger partial charge in [0.1, 0.15) is 6.29 Å². The van der Waals surface area contributed by atoms with Crippen molar-refractivity contribution in [3.63, 3.8) is 0 Å². The second-order valence-corrected chi connectivity index (χ2v) is 4.01. The van der Waals surface area contributed by atoms with Gasteiger partial charge in [-0.05, 0) is 37.0 Å². The first-order chi connectivity index (χ1) is 6.70. The van der Waals surface area contributed by atoms with Gasteiger partial charge >= 0.3 is 0 Å². The average Bonchev–Trinajstić information content (AvgIpc) is 2.90. The first kappa shape index (κ1) is 9.20. The summed E-state index contributed by atoms with van der Waals surface area (Å²) in [5.74, 6) is 0.205. The van der Waals surface area contributed by atoms with Crippen LogP contribution in [0.25, 0.3) is 6.08 Å². The number of aryl methyl sites for hydroxylation is 2. The molecular formula is C13H14O. The summed E-state index contributed by atoms with van der Waals surface area (Å²) in [4.78, 5) is 10.4. The fraction of sp³-hybridized carbons (Fsp3) is 0.308. The summed E-state index contributed by atoms with van der Waals surface area (Å²) in [6, 6.07) is 6.40. The standard InChI is InChI=1S/C13H14O/c1-9-3-4-11(5-10(9)2)6-12-7-13(12)8-14/h3-6,8,13H,7H2,1-2H3/b12-6-. The van der Waals surface area contributed by atoms with E-state index in [1.165, 1.54) is 22.3 Å². The van der Waals surface area contributed by atoms with Crippen molar-refractivity contribution in [3.05, 3.63) is 40.5 Å². The fourth-order valence-electron chi connectivity index (χ4n) is 1.56. The van der Waals surface area contributed by atoms with Crippen molar-refractivity contribution in [2.45, 2.75) is 20.3 Å². The Morgan fingerprint density at radius 3 is 2.64 bits per heavy atom. The van der Waals surface area contributed by atoms with Crippen molar-refractivity contribution in [1.29, 1.82) is 0 Å². The van der Waals surface area contributed by atoms with E-state index in [0.717, 1.165) is 12.7 Å². The molecule has 72 valence electrons. The molecule has 0 saturated heterocycles. The third kappa shape index (κ3) is 1.77. The molecule has 1 heteroatoms. The van der Waals surface area contributed by atoms with E-state index in [9.17, 15) is 4.79 Å². The Labute approximate surface area is 84.5 Å². The van der Waals surface area contributed by atoms with Gasteiger partial charge in [-0.3, -0.25) is 0 Å². The molecule has 1 atom stereocenters. The van der Waals surface area contributed by atoms with Gasteiger partial charge in [-0.15, -0.1) is 0 Å². The molecule has 0 N–H and O–H groups in total. The monoisotopic (exact) mass is 186 g/mol. The molecule has 0 bridgehead atoms. The van der Waals surface area contributed by atoms with Gasteiger partial charge in [0.15, 0.2) is 0 Å². The quantitative estimate of drug-likeness (QED) is 0.649. The molecule has 0 amide bonds. The maximum atomic E-state index is 10.4. The van der Waals surface area contributed by atoms with Gasteiger partial charge in [0.05, 0.1) is 0 Å². The largest absolute Gasteiger partial charge is 0.303 e. The molecule has 1 nitrogen and oxygen atoms in total. The number of carbonyl (C=O) groups excluding carboxylic acids is 1. The fourth-order valence-corrected chi connectivity index (χ4v) is 1.56. The lowest BCUT2D eigenvalue weighted by atomic mass is 10.1. The van der Waals surface area contributed by atoms with E-state index in [2.05, 4.69) is 38.1 Å². The van der Waals surface area contributed by atoms with E-state index >= 15 is 0 Å². The van der Waals surface area contributed by atoms with Crippen LogP contribution in [0.5, 0.6) is 0 Å². The molecule has 2 rings (SSSR count). The topological polar surface area (TPSA) is 17.1 Å². The number of benzene rings is 1. The Bertz CT molecular complexity index is 402. The Hall–Kier alpha value is -1.37. The third-order valence-electron chi connectivity index (χ3n) is 2.82. The Kier molecular flexibility index (Phi) is 2.24. The van der Waals surface area contributed by atoms with Gasteiger partial charge in [0.25, 0.3) is 0 Å². The molecular weight excluding hydrogens is 172 g/mol. The van der Waals surface area contributed by atoms with Crippen molar-refractivity contribution in [2.75, 3.05) is 0 Å². The van der Waals surface area contributed by atoms with Crippen LogP contribution < -0.4 is 0 Å². The van der Waals surface area contributed by atoms with Crippen LogP contribution in [0.15, 0.2) is 23.8 Å². The lowest BCUT2D eigenvalue weighted by Gasteiger charge is -2.00. The zero-order chi connectivity index (χ0) is 10.1. The van der Waals surface area contributed by atoms with Crippen molar-refractivity contribution >= 4 is 12.4 Å². The van der Waals surface area contributed by atoms with Gasteiger partial charge in [-0.2, -0.15) is 0 Å². The minimum Gasteiger partial charge on any atom is -0.303 e. The minimum absolute atomic E-state index is 0.205. The summed E-state index contributed by atoms with van der Waals surface area (Å²) in [7, 11) is 0. The Balaban J connectivity index is 2.23. The highest BCUT2D eigenvalue weighted by Gasteiger charge is 2.28. The van der Waals surface area contributed by atoms with Gasteiger partial charge in [0, 0.05) is 5.92 Å². The number of rotatable bonds is 2. The SMILES string of the molecule is Cc1ccc(/C=C2/CC2C=O)cc1C. The molecule has 0 spiro atoms. The molecule has 1 fully saturated rings. The zero-order valence-corrected chi connectivity index (χ0v) is 8.58. The van der Waals surface area contributed by atoms with Gasteiger partial charge in [0.2, 0.25) is 0 Å². The highest BCUT2D eigenvalue weighted by Crippen LogP contribution is 2.37. The van der Waals surface area contributed by atoms with Crippen LogP contribution in [0.2, 0.25) is 0 Å². The van der Waals surface area contributed by atoms with Crippen LogP contribution in [0.3, 0.4) is 0 Å². The summed E-state index contributed by atoms with van der Waals surface area (Å²) in [5.41, 5.74) is 5.10. The number of allylic oxidation sites excluding steroid dienone is 1. The molecule has 1 unspecified atom stereocenters. The van der Waals surface area contributed by atoms with E-state index in [-0.39, 0.29) is 5.92 Å². The molecule has 1 aromatic carbocycles. The van der Waals surface area contributed by atoms with Gasteiger partial charge in [-0.1, -0.05) is 29.8 Å². The van der Waals surface area contributed by atoms with E-state index in [1.54, 1.807) is 0 Å². The molecule has 0 radical (unpaired) electrons. The third-order valence-corrected chi connectivity index (χ3v) is 2.82. The summed E-state index contributed by atoms with van der Waals surface area (Å²) < 4.78 is 0. The molecule has 0 aliphatic heterocycles. The highest BCUT2D eigenvalue weighted by atomic mass is 16.1. The minimum atomic E-state index is 0.205. The predicted molar refractivity (Wildman–Crippen MR) is 58.1 cm³/mol. The number of hydrogen-bond acceptors (Lipinski definition) is 1. The number of carbonyl (C=O) groups is 1. The highest BCUT2D eigenvalue weighted by molar-refractivity contribution is 5.73. The molecule has 0 aromatic heterocycles. The lowest BCUT2D eigenvalue weighted by molar-refractivity contribution is -0.108. The Morgan fingerprint density at radius 2 is 2.07 bits per heavy atom. The molecule has 1 aliphatic rings. The first-order valence-electron chi connectivity index (χ1n) is 4.93. The van der Waals surface area contributed by atoms with Crippen LogP contribution in [-0.2, 0) is 4.79 Å². The predicted octanol–water partition coefficient (Wildman–Crippen LogP) is 2.91. The van der Waals surface area contributed by atoms with E-state index in [1.807, 2.05) is 0 Å². The second-order valence-electron chi connectivity index (χ2n) is 4.01. The van der Waals surface area contributed by atoms with Crippen LogP contribution >= 0.6 is 0 Å². The lowest BCUT2D eigenvalue weighted by Crippen LogP contribution is -1.81. The maximum absolute atomic E-state index is 10.4. The van der Waals surface area contributed by atoms with E-state index < -0.39 is 0 Å². The van der Waals surface area contributed by atoms with Gasteiger partial charge in [-0.25, -0.2) is 0 Å². The summed E-state index contributed by atoms with van der Waals surface area (Å²) in [5, 5.41) is 0. The smallest absolute Gasteiger partial charge is 0.127 e. The zero-order valence-electron chi connectivity index (χ0n) is 8.58. The Morgan fingerprint density at radius 1 is 1.29 bits per heavy atom. The van der Waals surface area contributed by atoms with Crippen LogP contribution in [0.1, 0.15) is 23.1 Å². The molecule has 0 heterocycles. The van der Waals surface area contributed by atoms with Crippen molar-refractivity contribution in [2.24, 2.45) is 5.92 Å². The first-order valence-corrected chi connectivity index (χ1v) is 4.93. The van der Waals surface area contributed by atoms with Crippen molar-refractivity contribution in [3.8, 4) is 0 Å². The normalized spacial score (nSPS) is 22.4. The number of hydrogen-bond donors (Lipinski definition) is 0. The summed E-state index contributed by atoms with van der Waals surface area (Å²) in [6.07, 6.45) is 4.12. The van der Waals surface area contributed by atoms with Gasteiger partial charge < -0.3 is 4.79 Å². The second kappa shape index (κ2) is 3.41. The van der Waals surface area contributed by atoms with E-state index in [0.29, 0.717) is 0 Å². The van der Waals surface area contributed by atoms with Crippen molar-refractivity contribution in [1.82, 2.24) is 0 Å². The molecule has 1 aromatic rings. The molecule has 1 saturated carbocycles. The van der Waals surface area contributed by atoms with Crippen LogP contribution in [0, 0.1) is 19.8 Å². The maximum Gasteiger partial charge on any atom is 0.127 e. The van der Waals surface area contributed by atoms with E-state index in [4.69, 9.17) is 0 Å². The molecule has 1 aliphatic carbocycles. The van der Waals surface area contributed by atoms with Crippen LogP contribution in [-0.4, -0.2) is 6.29 Å². The van der Waals surface area contributed by atoms with Crippen molar-refractivity contribution < 1.29 is 4.79 Å². The summed E-state index contributed by atoms with van der Waals surface area (Å²) >= 11 is 0. The summed E-state index contributed by atoms with van der Waals surface area (Å²) in [6.45, 7) is 4.22. The van der Waals surface area contributed by atoms with Crippen LogP contribution in [0.4, 0.5) is 0 Å². The average molecular weight is 186 g/mol. The number of aldehydes is 1.